The number of allylic oxidation sites excluding steroid dienone is 3. The number of pyridine rings is 2. The Balaban J connectivity index is 1.77. The first-order chi connectivity index (χ1) is 13.2. The third-order valence-electron chi connectivity index (χ3n) is 4.30. The van der Waals surface area contributed by atoms with E-state index in [1.54, 1.807) is 0 Å². The standard InChI is InChI=1S/C23H32N4/c1-19(2)9-8-10-20(3)13-16-24-17-18-27-23(21-11-4-6-14-25-21)22-12-5-7-15-26-22/h4-7,9,11-15,23-24,27H,8,10,16-18H2,1-3H3/b20-13+. The smallest absolute Gasteiger partial charge is 0.0925 e. The molecule has 4 heteroatoms. The van der Waals surface area contributed by atoms with Crippen LogP contribution >= 0.6 is 0 Å². The zero-order valence-electron chi connectivity index (χ0n) is 16.8. The van der Waals surface area contributed by atoms with Crippen LogP contribution in [-0.2, 0) is 0 Å². The molecule has 0 unspecified atom stereocenters. The number of aromatic nitrogens is 2. The van der Waals surface area contributed by atoms with Crippen molar-refractivity contribution in [2.24, 2.45) is 0 Å². The minimum atomic E-state index is 0.00977. The molecule has 2 heterocycles. The molecule has 144 valence electrons. The van der Waals surface area contributed by atoms with E-state index in [0.29, 0.717) is 0 Å². The average Bonchev–Trinajstić information content (AvgIpc) is 2.68. The Morgan fingerprint density at radius 2 is 1.59 bits per heavy atom. The van der Waals surface area contributed by atoms with Crippen molar-refractivity contribution >= 4 is 0 Å². The summed E-state index contributed by atoms with van der Waals surface area (Å²) < 4.78 is 0. The molecule has 0 aliphatic heterocycles. The van der Waals surface area contributed by atoms with Crippen LogP contribution in [0.3, 0.4) is 0 Å². The van der Waals surface area contributed by atoms with Crippen molar-refractivity contribution in [1.29, 1.82) is 0 Å². The first-order valence-electron chi connectivity index (χ1n) is 9.72. The number of rotatable bonds is 11. The van der Waals surface area contributed by atoms with E-state index in [0.717, 1.165) is 43.9 Å². The molecule has 2 aromatic rings. The molecule has 0 saturated carbocycles. The van der Waals surface area contributed by atoms with E-state index in [1.165, 1.54) is 11.1 Å². The Kier molecular flexibility index (Phi) is 9.45. The summed E-state index contributed by atoms with van der Waals surface area (Å²) in [6.45, 7) is 9.15. The summed E-state index contributed by atoms with van der Waals surface area (Å²) >= 11 is 0. The molecule has 2 aromatic heterocycles. The van der Waals surface area contributed by atoms with E-state index in [-0.39, 0.29) is 6.04 Å². The largest absolute Gasteiger partial charge is 0.312 e. The van der Waals surface area contributed by atoms with Gasteiger partial charge in [-0.25, -0.2) is 0 Å². The molecule has 0 radical (unpaired) electrons. The molecule has 27 heavy (non-hydrogen) atoms. The maximum atomic E-state index is 4.50. The molecule has 0 fully saturated rings. The van der Waals surface area contributed by atoms with E-state index in [4.69, 9.17) is 0 Å². The molecular formula is C23H32N4. The Labute approximate surface area is 163 Å². The summed E-state index contributed by atoms with van der Waals surface area (Å²) in [5, 5.41) is 7.05. The maximum absolute atomic E-state index is 4.50. The van der Waals surface area contributed by atoms with Crippen LogP contribution in [0.5, 0.6) is 0 Å². The fraction of sp³-hybridized carbons (Fsp3) is 0.391. The van der Waals surface area contributed by atoms with Gasteiger partial charge in [-0.15, -0.1) is 0 Å². The molecule has 2 rings (SSSR count). The third kappa shape index (κ3) is 8.29. The van der Waals surface area contributed by atoms with Gasteiger partial charge in [0.05, 0.1) is 17.4 Å². The highest BCUT2D eigenvalue weighted by atomic mass is 15.0. The van der Waals surface area contributed by atoms with Gasteiger partial charge in [-0.2, -0.15) is 0 Å². The van der Waals surface area contributed by atoms with Crippen molar-refractivity contribution in [2.75, 3.05) is 19.6 Å². The predicted octanol–water partition coefficient (Wildman–Crippen LogP) is 4.44. The Hall–Kier alpha value is -2.30. The van der Waals surface area contributed by atoms with Crippen LogP contribution in [0, 0.1) is 0 Å². The van der Waals surface area contributed by atoms with Gasteiger partial charge in [0.2, 0.25) is 0 Å². The van der Waals surface area contributed by atoms with Crippen molar-refractivity contribution in [3.8, 4) is 0 Å². The van der Waals surface area contributed by atoms with Gasteiger partial charge in [0.1, 0.15) is 0 Å². The normalized spacial score (nSPS) is 11.6. The van der Waals surface area contributed by atoms with Gasteiger partial charge in [0.25, 0.3) is 0 Å². The third-order valence-corrected chi connectivity index (χ3v) is 4.30. The molecule has 4 nitrogen and oxygen atoms in total. The van der Waals surface area contributed by atoms with Gasteiger partial charge in [-0.1, -0.05) is 35.4 Å². The average molecular weight is 365 g/mol. The molecule has 0 spiro atoms. The van der Waals surface area contributed by atoms with Crippen LogP contribution < -0.4 is 10.6 Å². The summed E-state index contributed by atoms with van der Waals surface area (Å²) in [5.74, 6) is 0. The minimum Gasteiger partial charge on any atom is -0.312 e. The van der Waals surface area contributed by atoms with Crippen LogP contribution in [0.4, 0.5) is 0 Å². The number of hydrogen-bond acceptors (Lipinski definition) is 4. The molecular weight excluding hydrogens is 332 g/mol. The Bertz CT molecular complexity index is 664. The van der Waals surface area contributed by atoms with Gasteiger partial charge in [0.15, 0.2) is 0 Å². The van der Waals surface area contributed by atoms with Crippen molar-refractivity contribution in [3.05, 3.63) is 83.5 Å². The summed E-state index contributed by atoms with van der Waals surface area (Å²) in [6, 6.07) is 12.0. The second-order valence-corrected chi connectivity index (χ2v) is 6.97. The van der Waals surface area contributed by atoms with Crippen LogP contribution in [0.25, 0.3) is 0 Å². The SMILES string of the molecule is CC(C)=CCC/C(C)=C/CNCCNC(c1ccccn1)c1ccccn1. The second-order valence-electron chi connectivity index (χ2n) is 6.97. The summed E-state index contributed by atoms with van der Waals surface area (Å²) in [7, 11) is 0. The van der Waals surface area contributed by atoms with E-state index >= 15 is 0 Å². The van der Waals surface area contributed by atoms with Crippen LogP contribution in [-0.4, -0.2) is 29.6 Å². The summed E-state index contributed by atoms with van der Waals surface area (Å²) in [4.78, 5) is 8.99. The van der Waals surface area contributed by atoms with Gasteiger partial charge in [0, 0.05) is 32.0 Å². The monoisotopic (exact) mass is 364 g/mol. The lowest BCUT2D eigenvalue weighted by molar-refractivity contribution is 0.559. The first-order valence-corrected chi connectivity index (χ1v) is 9.72. The van der Waals surface area contributed by atoms with E-state index < -0.39 is 0 Å². The van der Waals surface area contributed by atoms with Gasteiger partial charge < -0.3 is 10.6 Å². The van der Waals surface area contributed by atoms with Crippen molar-refractivity contribution in [1.82, 2.24) is 20.6 Å². The highest BCUT2D eigenvalue weighted by Gasteiger charge is 2.15. The zero-order valence-corrected chi connectivity index (χ0v) is 16.8. The van der Waals surface area contributed by atoms with E-state index in [1.807, 2.05) is 48.8 Å². The molecule has 0 aliphatic rings. The fourth-order valence-electron chi connectivity index (χ4n) is 2.80. The number of hydrogen-bond donors (Lipinski definition) is 2. The molecule has 0 amide bonds. The summed E-state index contributed by atoms with van der Waals surface area (Å²) in [5.41, 5.74) is 4.81. The Morgan fingerprint density at radius 3 is 2.15 bits per heavy atom. The quantitative estimate of drug-likeness (QED) is 0.457. The van der Waals surface area contributed by atoms with E-state index in [2.05, 4.69) is 53.5 Å². The van der Waals surface area contributed by atoms with Gasteiger partial charge >= 0.3 is 0 Å². The first kappa shape index (κ1) is 21.0. The molecule has 2 N–H and O–H groups in total. The molecule has 0 atom stereocenters. The van der Waals surface area contributed by atoms with Crippen molar-refractivity contribution in [3.63, 3.8) is 0 Å². The molecule has 0 saturated heterocycles. The summed E-state index contributed by atoms with van der Waals surface area (Å²) in [6.07, 6.45) is 10.5. The van der Waals surface area contributed by atoms with Gasteiger partial charge in [-0.3, -0.25) is 9.97 Å². The molecule has 0 aromatic carbocycles. The molecule has 0 aliphatic carbocycles. The lowest BCUT2D eigenvalue weighted by Crippen LogP contribution is -2.31. The van der Waals surface area contributed by atoms with Crippen LogP contribution in [0.1, 0.15) is 51.0 Å². The number of nitrogens with one attached hydrogen (secondary N) is 2. The number of nitrogens with zero attached hydrogens (tertiary/aromatic N) is 2. The topological polar surface area (TPSA) is 49.8 Å². The molecule has 0 bridgehead atoms. The fourth-order valence-corrected chi connectivity index (χ4v) is 2.80. The van der Waals surface area contributed by atoms with Crippen molar-refractivity contribution < 1.29 is 0 Å². The highest BCUT2D eigenvalue weighted by Crippen LogP contribution is 2.17. The maximum Gasteiger partial charge on any atom is 0.0925 e. The minimum absolute atomic E-state index is 0.00977. The van der Waals surface area contributed by atoms with Gasteiger partial charge in [-0.05, 0) is 57.9 Å². The highest BCUT2D eigenvalue weighted by molar-refractivity contribution is 5.21. The van der Waals surface area contributed by atoms with E-state index in [9.17, 15) is 0 Å². The Morgan fingerprint density at radius 1 is 0.926 bits per heavy atom. The lowest BCUT2D eigenvalue weighted by Gasteiger charge is -2.18. The van der Waals surface area contributed by atoms with Crippen LogP contribution in [0.15, 0.2) is 72.1 Å². The zero-order chi connectivity index (χ0) is 19.3. The lowest BCUT2D eigenvalue weighted by atomic mass is 10.1. The predicted molar refractivity (Wildman–Crippen MR) is 114 cm³/mol. The van der Waals surface area contributed by atoms with Crippen molar-refractivity contribution in [2.45, 2.75) is 39.7 Å². The second kappa shape index (κ2) is 12.2. The van der Waals surface area contributed by atoms with Crippen LogP contribution in [0.2, 0.25) is 0 Å².